The third kappa shape index (κ3) is 2.82. The monoisotopic (exact) mass is 331 g/mol. The maximum atomic E-state index is 5.92. The average Bonchev–Trinajstić information content (AvgIpc) is 3.24. The van der Waals surface area contributed by atoms with Crippen LogP contribution in [0.15, 0.2) is 46.9 Å². The molecular weight excluding hydrogens is 318 g/mol. The molecule has 22 heavy (non-hydrogen) atoms. The highest BCUT2D eigenvalue weighted by Gasteiger charge is 2.21. The maximum absolute atomic E-state index is 5.92. The lowest BCUT2D eigenvalue weighted by Crippen LogP contribution is -2.31. The number of para-hydroxylation sites is 2. The first-order chi connectivity index (χ1) is 10.9. The van der Waals surface area contributed by atoms with Crippen molar-refractivity contribution < 1.29 is 9.47 Å². The molecule has 0 unspecified atom stereocenters. The molecule has 1 aliphatic rings. The first-order valence-electron chi connectivity index (χ1n) is 6.86. The number of ether oxygens (including phenoxy) is 2. The Bertz CT molecular complexity index is 758. The zero-order valence-corrected chi connectivity index (χ0v) is 13.2. The van der Waals surface area contributed by atoms with Crippen molar-refractivity contribution in [3.05, 3.63) is 41.8 Å². The lowest BCUT2D eigenvalue weighted by Gasteiger charge is -2.25. The maximum Gasteiger partial charge on any atom is 0.208 e. The summed E-state index contributed by atoms with van der Waals surface area (Å²) in [4.78, 5) is 5.58. The predicted molar refractivity (Wildman–Crippen MR) is 86.8 cm³/mol. The van der Waals surface area contributed by atoms with Crippen molar-refractivity contribution in [1.29, 1.82) is 0 Å². The van der Waals surface area contributed by atoms with Crippen LogP contribution in [0.2, 0.25) is 0 Å². The number of hydrogen-bond donors (Lipinski definition) is 1. The van der Waals surface area contributed by atoms with Gasteiger partial charge in [-0.15, -0.1) is 16.4 Å². The normalized spacial score (nSPS) is 16.6. The third-order valence-corrected chi connectivity index (χ3v) is 5.04. The Balaban J connectivity index is 1.38. The number of H-pyrrole nitrogens is 1. The van der Waals surface area contributed by atoms with Gasteiger partial charge in [0.05, 0.1) is 4.88 Å². The lowest BCUT2D eigenvalue weighted by molar-refractivity contribution is 0.107. The highest BCUT2D eigenvalue weighted by molar-refractivity contribution is 7.99. The van der Waals surface area contributed by atoms with Crippen LogP contribution in [-0.2, 0) is 0 Å². The first-order valence-corrected chi connectivity index (χ1v) is 8.72. The number of thioether (sulfide) groups is 1. The molecule has 1 N–H and O–H groups in total. The Morgan fingerprint density at radius 1 is 1.23 bits per heavy atom. The molecule has 5 nitrogen and oxygen atoms in total. The number of nitrogens with one attached hydrogen (secondary N) is 1. The van der Waals surface area contributed by atoms with E-state index in [4.69, 9.17) is 9.47 Å². The minimum Gasteiger partial charge on any atom is -0.486 e. The number of aromatic amines is 1. The van der Waals surface area contributed by atoms with Crippen molar-refractivity contribution in [2.75, 3.05) is 12.4 Å². The van der Waals surface area contributed by atoms with Crippen LogP contribution in [0, 0.1) is 0 Å². The Labute approximate surface area is 135 Å². The van der Waals surface area contributed by atoms with Gasteiger partial charge in [-0.05, 0) is 23.6 Å². The molecule has 3 heterocycles. The van der Waals surface area contributed by atoms with E-state index in [1.165, 1.54) is 0 Å². The molecule has 0 saturated carbocycles. The Hall–Kier alpha value is -1.99. The van der Waals surface area contributed by atoms with Crippen LogP contribution < -0.4 is 9.47 Å². The molecule has 112 valence electrons. The van der Waals surface area contributed by atoms with E-state index in [1.807, 2.05) is 41.8 Å². The molecule has 0 aliphatic carbocycles. The van der Waals surface area contributed by atoms with Crippen molar-refractivity contribution in [2.24, 2.45) is 0 Å². The molecule has 0 bridgehead atoms. The van der Waals surface area contributed by atoms with Gasteiger partial charge in [0.15, 0.2) is 17.3 Å². The predicted octanol–water partition coefficient (Wildman–Crippen LogP) is 3.47. The molecule has 4 rings (SSSR count). The van der Waals surface area contributed by atoms with Crippen LogP contribution in [0.3, 0.4) is 0 Å². The fraction of sp³-hybridized carbons (Fsp3) is 0.200. The summed E-state index contributed by atoms with van der Waals surface area (Å²) in [7, 11) is 0. The van der Waals surface area contributed by atoms with Crippen LogP contribution >= 0.6 is 23.1 Å². The molecule has 1 atom stereocenters. The molecule has 0 saturated heterocycles. The van der Waals surface area contributed by atoms with Crippen molar-refractivity contribution in [3.8, 4) is 22.2 Å². The summed E-state index contributed by atoms with van der Waals surface area (Å²) in [5, 5.41) is 9.96. The second-order valence-electron chi connectivity index (χ2n) is 4.75. The summed E-state index contributed by atoms with van der Waals surface area (Å²) in [6.07, 6.45) is 0.00332. The van der Waals surface area contributed by atoms with Gasteiger partial charge >= 0.3 is 0 Å². The van der Waals surface area contributed by atoms with Gasteiger partial charge in [-0.1, -0.05) is 30.0 Å². The van der Waals surface area contributed by atoms with Gasteiger partial charge in [0.25, 0.3) is 0 Å². The number of aromatic nitrogens is 3. The topological polar surface area (TPSA) is 60.0 Å². The number of thiophene rings is 1. The van der Waals surface area contributed by atoms with Gasteiger partial charge < -0.3 is 9.47 Å². The summed E-state index contributed by atoms with van der Waals surface area (Å²) in [5.41, 5.74) is 0. The first kappa shape index (κ1) is 13.7. The van der Waals surface area contributed by atoms with E-state index >= 15 is 0 Å². The van der Waals surface area contributed by atoms with Crippen LogP contribution in [0.25, 0.3) is 10.7 Å². The molecule has 0 radical (unpaired) electrons. The molecular formula is C15H13N3O2S2. The van der Waals surface area contributed by atoms with E-state index < -0.39 is 0 Å². The molecule has 2 aromatic heterocycles. The fourth-order valence-electron chi connectivity index (χ4n) is 2.15. The smallest absolute Gasteiger partial charge is 0.208 e. The molecule has 1 aromatic carbocycles. The third-order valence-electron chi connectivity index (χ3n) is 3.19. The molecule has 0 fully saturated rings. The summed E-state index contributed by atoms with van der Waals surface area (Å²) in [5.74, 6) is 3.16. The van der Waals surface area contributed by atoms with Crippen molar-refractivity contribution in [2.45, 2.75) is 11.3 Å². The number of rotatable bonds is 4. The zero-order valence-electron chi connectivity index (χ0n) is 11.6. The van der Waals surface area contributed by atoms with Gasteiger partial charge in [-0.3, -0.25) is 5.10 Å². The minimum atomic E-state index is 0.00332. The number of benzene rings is 1. The van der Waals surface area contributed by atoms with Crippen molar-refractivity contribution in [1.82, 2.24) is 15.2 Å². The molecule has 3 aromatic rings. The quantitative estimate of drug-likeness (QED) is 0.742. The van der Waals surface area contributed by atoms with Gasteiger partial charge in [-0.2, -0.15) is 0 Å². The van der Waals surface area contributed by atoms with Gasteiger partial charge in [0, 0.05) is 5.75 Å². The number of fused-ring (bicyclic) bond motifs is 1. The van der Waals surface area contributed by atoms with E-state index in [2.05, 4.69) is 15.2 Å². The van der Waals surface area contributed by atoms with E-state index in [0.29, 0.717) is 6.61 Å². The summed E-state index contributed by atoms with van der Waals surface area (Å²) >= 11 is 3.21. The lowest BCUT2D eigenvalue weighted by atomic mass is 10.3. The Kier molecular flexibility index (Phi) is 3.74. The largest absolute Gasteiger partial charge is 0.486 e. The minimum absolute atomic E-state index is 0.00332. The Morgan fingerprint density at radius 3 is 3.00 bits per heavy atom. The second-order valence-corrected chi connectivity index (χ2v) is 6.69. The molecule has 7 heteroatoms. The highest BCUT2D eigenvalue weighted by Crippen LogP contribution is 2.32. The summed E-state index contributed by atoms with van der Waals surface area (Å²) in [6.45, 7) is 0.548. The van der Waals surface area contributed by atoms with Gasteiger partial charge in [0.2, 0.25) is 5.16 Å². The summed E-state index contributed by atoms with van der Waals surface area (Å²) in [6, 6.07) is 11.8. The van der Waals surface area contributed by atoms with Crippen LogP contribution in [0.1, 0.15) is 0 Å². The standard InChI is InChI=1S/C15H13N3O2S2/c1-2-5-12-11(4-1)19-8-10(20-12)9-22-15-16-14(17-18-15)13-6-3-7-21-13/h1-7,10H,8-9H2,(H,16,17,18)/t10-/m1/s1. The molecule has 1 aliphatic heterocycles. The van der Waals surface area contributed by atoms with Gasteiger partial charge in [-0.25, -0.2) is 4.98 Å². The van der Waals surface area contributed by atoms with Crippen LogP contribution in [-0.4, -0.2) is 33.6 Å². The number of hydrogen-bond acceptors (Lipinski definition) is 6. The summed E-state index contributed by atoms with van der Waals surface area (Å²) < 4.78 is 11.6. The van der Waals surface area contributed by atoms with Crippen LogP contribution in [0.5, 0.6) is 11.5 Å². The number of nitrogens with zero attached hydrogens (tertiary/aromatic N) is 2. The van der Waals surface area contributed by atoms with Gasteiger partial charge in [0.1, 0.15) is 12.7 Å². The van der Waals surface area contributed by atoms with E-state index in [1.54, 1.807) is 23.1 Å². The van der Waals surface area contributed by atoms with E-state index in [0.717, 1.165) is 33.1 Å². The van der Waals surface area contributed by atoms with Crippen molar-refractivity contribution in [3.63, 3.8) is 0 Å². The molecule has 0 amide bonds. The molecule has 0 spiro atoms. The highest BCUT2D eigenvalue weighted by atomic mass is 32.2. The second kappa shape index (κ2) is 6.02. The van der Waals surface area contributed by atoms with E-state index in [9.17, 15) is 0 Å². The van der Waals surface area contributed by atoms with E-state index in [-0.39, 0.29) is 6.10 Å². The fourth-order valence-corrected chi connectivity index (χ4v) is 3.58. The zero-order chi connectivity index (χ0) is 14.8. The Morgan fingerprint density at radius 2 is 2.14 bits per heavy atom. The van der Waals surface area contributed by atoms with Crippen molar-refractivity contribution >= 4 is 23.1 Å². The average molecular weight is 331 g/mol. The SMILES string of the molecule is c1csc(-c2nc(SC[C@H]3COc4ccccc4O3)n[nH]2)c1. The van der Waals surface area contributed by atoms with Crippen LogP contribution in [0.4, 0.5) is 0 Å².